The third-order valence-corrected chi connectivity index (χ3v) is 7.48. The predicted octanol–water partition coefficient (Wildman–Crippen LogP) is 3.06. The highest BCUT2D eigenvalue weighted by Gasteiger charge is 2.61. The molecule has 5 nitrogen and oxygen atoms in total. The maximum Gasteiger partial charge on any atom is 0.229 e. The van der Waals surface area contributed by atoms with Gasteiger partial charge in [0.05, 0.1) is 18.6 Å². The maximum atomic E-state index is 13.8. The van der Waals surface area contributed by atoms with Gasteiger partial charge in [0.1, 0.15) is 6.10 Å². The minimum atomic E-state index is -0.287. The molecule has 1 heterocycles. The molecule has 6 rings (SSSR count). The van der Waals surface area contributed by atoms with Gasteiger partial charge in [0, 0.05) is 19.0 Å². The molecule has 1 aliphatic heterocycles. The maximum absolute atomic E-state index is 13.8. The summed E-state index contributed by atoms with van der Waals surface area (Å²) in [6.45, 7) is 3.50. The van der Waals surface area contributed by atoms with Gasteiger partial charge >= 0.3 is 0 Å². The first-order chi connectivity index (χ1) is 13.5. The number of nitrogens with zero attached hydrogens (tertiary/aromatic N) is 1. The minimum Gasteiger partial charge on any atom is -0.370 e. The van der Waals surface area contributed by atoms with Crippen LogP contribution in [-0.4, -0.2) is 41.9 Å². The summed E-state index contributed by atoms with van der Waals surface area (Å²) >= 11 is 0. The van der Waals surface area contributed by atoms with Crippen LogP contribution in [0.5, 0.6) is 0 Å². The molecule has 4 bridgehead atoms. The summed E-state index contributed by atoms with van der Waals surface area (Å²) in [5.74, 6) is 1.49. The molecule has 5 heteroatoms. The molecule has 1 N–H and O–H groups in total. The first kappa shape index (κ1) is 18.2. The molecule has 1 aromatic rings. The van der Waals surface area contributed by atoms with Crippen LogP contribution in [0.1, 0.15) is 57.1 Å². The van der Waals surface area contributed by atoms with Crippen molar-refractivity contribution in [2.24, 2.45) is 17.3 Å². The standard InChI is InChI=1S/C23H30N2O3/c1-16(26)24-23-12-17-9-18(13-23)11-22(10-17,15-23)21(27)25-7-8-28-20(14-25)19-5-3-2-4-6-19/h2-6,17-18,20H,7-15H2,1H3,(H,24,26). The fourth-order valence-electron chi connectivity index (χ4n) is 7.07. The number of hydrogen-bond donors (Lipinski definition) is 1. The van der Waals surface area contributed by atoms with E-state index < -0.39 is 0 Å². The summed E-state index contributed by atoms with van der Waals surface area (Å²) < 4.78 is 5.98. The number of carbonyl (C=O) groups is 2. The first-order valence-electron chi connectivity index (χ1n) is 10.7. The Morgan fingerprint density at radius 1 is 1.11 bits per heavy atom. The molecule has 1 saturated heterocycles. The zero-order valence-electron chi connectivity index (χ0n) is 16.7. The molecular weight excluding hydrogens is 352 g/mol. The highest BCUT2D eigenvalue weighted by atomic mass is 16.5. The van der Waals surface area contributed by atoms with E-state index in [0.29, 0.717) is 37.4 Å². The van der Waals surface area contributed by atoms with Gasteiger partial charge in [0.2, 0.25) is 11.8 Å². The summed E-state index contributed by atoms with van der Waals surface area (Å²) in [6, 6.07) is 10.2. The van der Waals surface area contributed by atoms with Crippen LogP contribution in [0.15, 0.2) is 30.3 Å². The zero-order chi connectivity index (χ0) is 19.4. The van der Waals surface area contributed by atoms with Crippen molar-refractivity contribution in [2.75, 3.05) is 19.7 Å². The van der Waals surface area contributed by atoms with Gasteiger partial charge in [-0.15, -0.1) is 0 Å². The molecule has 0 spiro atoms. The van der Waals surface area contributed by atoms with Crippen molar-refractivity contribution in [3.63, 3.8) is 0 Å². The molecule has 3 unspecified atom stereocenters. The number of nitrogens with one attached hydrogen (secondary N) is 1. The average Bonchev–Trinajstić information content (AvgIpc) is 2.66. The number of hydrogen-bond acceptors (Lipinski definition) is 3. The van der Waals surface area contributed by atoms with Crippen LogP contribution in [-0.2, 0) is 14.3 Å². The molecule has 0 radical (unpaired) electrons. The Balaban J connectivity index is 1.38. The first-order valence-corrected chi connectivity index (χ1v) is 10.7. The topological polar surface area (TPSA) is 58.6 Å². The number of benzene rings is 1. The normalized spacial score (nSPS) is 39.0. The highest BCUT2D eigenvalue weighted by Crippen LogP contribution is 2.62. The largest absolute Gasteiger partial charge is 0.370 e. The van der Waals surface area contributed by atoms with Crippen LogP contribution in [0.4, 0.5) is 0 Å². The lowest BCUT2D eigenvalue weighted by Crippen LogP contribution is -2.66. The number of morpholine rings is 1. The summed E-state index contributed by atoms with van der Waals surface area (Å²) in [7, 11) is 0. The fraction of sp³-hybridized carbons (Fsp3) is 0.652. The Hall–Kier alpha value is -1.88. The molecule has 0 aromatic heterocycles. The van der Waals surface area contributed by atoms with E-state index in [0.717, 1.165) is 37.7 Å². The van der Waals surface area contributed by atoms with Gasteiger partial charge in [0.25, 0.3) is 0 Å². The molecule has 4 aliphatic carbocycles. The monoisotopic (exact) mass is 382 g/mol. The Bertz CT molecular complexity index is 763. The molecule has 150 valence electrons. The molecule has 1 aromatic carbocycles. The van der Waals surface area contributed by atoms with Gasteiger partial charge in [-0.1, -0.05) is 30.3 Å². The molecule has 5 aliphatic rings. The van der Waals surface area contributed by atoms with Gasteiger partial charge in [-0.2, -0.15) is 0 Å². The van der Waals surface area contributed by atoms with Gasteiger partial charge in [-0.25, -0.2) is 0 Å². The highest BCUT2D eigenvalue weighted by molar-refractivity contribution is 5.84. The Kier molecular flexibility index (Phi) is 4.27. The van der Waals surface area contributed by atoms with E-state index in [4.69, 9.17) is 4.74 Å². The second-order valence-electron chi connectivity index (χ2n) is 9.72. The fourth-order valence-corrected chi connectivity index (χ4v) is 7.07. The minimum absolute atomic E-state index is 0.0417. The van der Waals surface area contributed by atoms with Crippen LogP contribution >= 0.6 is 0 Å². The lowest BCUT2D eigenvalue weighted by Gasteiger charge is -2.62. The Morgan fingerprint density at radius 3 is 2.50 bits per heavy atom. The summed E-state index contributed by atoms with van der Waals surface area (Å²) in [4.78, 5) is 27.7. The summed E-state index contributed by atoms with van der Waals surface area (Å²) in [6.07, 6.45) is 6.10. The van der Waals surface area contributed by atoms with Gasteiger partial charge in [0.15, 0.2) is 0 Å². The molecule has 4 saturated carbocycles. The van der Waals surface area contributed by atoms with E-state index in [1.165, 1.54) is 6.42 Å². The van der Waals surface area contributed by atoms with E-state index in [1.807, 2.05) is 18.2 Å². The number of carbonyl (C=O) groups excluding carboxylic acids is 2. The van der Waals surface area contributed by atoms with Crippen molar-refractivity contribution in [3.8, 4) is 0 Å². The molecule has 28 heavy (non-hydrogen) atoms. The van der Waals surface area contributed by atoms with Crippen LogP contribution < -0.4 is 5.32 Å². The molecule has 2 amide bonds. The van der Waals surface area contributed by atoms with E-state index in [2.05, 4.69) is 22.3 Å². The quantitative estimate of drug-likeness (QED) is 0.874. The smallest absolute Gasteiger partial charge is 0.229 e. The Morgan fingerprint density at radius 2 is 1.82 bits per heavy atom. The van der Waals surface area contributed by atoms with Crippen LogP contribution in [0.25, 0.3) is 0 Å². The van der Waals surface area contributed by atoms with E-state index in [9.17, 15) is 9.59 Å². The van der Waals surface area contributed by atoms with Crippen LogP contribution in [0.2, 0.25) is 0 Å². The Labute approximate surface area is 166 Å². The van der Waals surface area contributed by atoms with Crippen LogP contribution in [0, 0.1) is 17.3 Å². The second-order valence-corrected chi connectivity index (χ2v) is 9.72. The van der Waals surface area contributed by atoms with E-state index >= 15 is 0 Å². The van der Waals surface area contributed by atoms with Crippen molar-refractivity contribution in [3.05, 3.63) is 35.9 Å². The van der Waals surface area contributed by atoms with Gasteiger partial charge in [-0.3, -0.25) is 9.59 Å². The average molecular weight is 383 g/mol. The molecule has 5 fully saturated rings. The lowest BCUT2D eigenvalue weighted by atomic mass is 9.46. The SMILES string of the molecule is CC(=O)NC12CC3CC(C1)CC(C(=O)N1CCOC(c4ccccc4)C1)(C3)C2. The predicted molar refractivity (Wildman–Crippen MR) is 105 cm³/mol. The van der Waals surface area contributed by atoms with E-state index in [1.54, 1.807) is 6.92 Å². The number of ether oxygens (including phenoxy) is 1. The van der Waals surface area contributed by atoms with Gasteiger partial charge in [-0.05, 0) is 55.9 Å². The number of rotatable bonds is 3. The lowest BCUT2D eigenvalue weighted by molar-refractivity contribution is -0.169. The van der Waals surface area contributed by atoms with E-state index in [-0.39, 0.29) is 23.0 Å². The molecule has 3 atom stereocenters. The second kappa shape index (κ2) is 6.58. The molecular formula is C23H30N2O3. The van der Waals surface area contributed by atoms with Crippen molar-refractivity contribution < 1.29 is 14.3 Å². The zero-order valence-corrected chi connectivity index (χ0v) is 16.7. The number of amides is 2. The third-order valence-electron chi connectivity index (χ3n) is 7.48. The van der Waals surface area contributed by atoms with Crippen molar-refractivity contribution in [1.82, 2.24) is 10.2 Å². The third kappa shape index (κ3) is 3.04. The van der Waals surface area contributed by atoms with Gasteiger partial charge < -0.3 is 15.0 Å². The summed E-state index contributed by atoms with van der Waals surface area (Å²) in [5, 5.41) is 3.27. The van der Waals surface area contributed by atoms with Crippen molar-refractivity contribution in [1.29, 1.82) is 0 Å². The van der Waals surface area contributed by atoms with Crippen molar-refractivity contribution in [2.45, 2.75) is 57.1 Å². The summed E-state index contributed by atoms with van der Waals surface area (Å²) in [5.41, 5.74) is 0.696. The van der Waals surface area contributed by atoms with Crippen molar-refractivity contribution >= 4 is 11.8 Å². The van der Waals surface area contributed by atoms with Crippen LogP contribution in [0.3, 0.4) is 0 Å².